The normalized spacial score (nSPS) is 11.0. The molecule has 0 bridgehead atoms. The number of aromatic amines is 1. The molecule has 0 atom stereocenters. The number of aromatic nitrogens is 5. The topological polar surface area (TPSA) is 59.4 Å². The quantitative estimate of drug-likeness (QED) is 0.643. The van der Waals surface area contributed by atoms with E-state index in [0.29, 0.717) is 0 Å². The van der Waals surface area contributed by atoms with Gasteiger partial charge in [-0.25, -0.2) is 9.97 Å². The largest absolute Gasteiger partial charge is 0.332 e. The molecule has 0 aliphatic carbocycles. The van der Waals surface area contributed by atoms with Gasteiger partial charge in [0.05, 0.1) is 23.9 Å². The van der Waals surface area contributed by atoms with Crippen LogP contribution < -0.4 is 0 Å². The van der Waals surface area contributed by atoms with E-state index in [4.69, 9.17) is 0 Å². The van der Waals surface area contributed by atoms with E-state index >= 15 is 0 Å². The Morgan fingerprint density at radius 1 is 1.40 bits per heavy atom. The van der Waals surface area contributed by atoms with Crippen molar-refractivity contribution >= 4 is 11.0 Å². The van der Waals surface area contributed by atoms with Gasteiger partial charge in [-0.2, -0.15) is 5.10 Å². The number of fused-ring (bicyclic) bond motifs is 1. The Labute approximate surface area is 85.8 Å². The Bertz CT molecular complexity index is 607. The molecule has 15 heavy (non-hydrogen) atoms. The predicted molar refractivity (Wildman–Crippen MR) is 56.1 cm³/mol. The van der Waals surface area contributed by atoms with Crippen molar-refractivity contribution in [3.63, 3.8) is 0 Å². The second kappa shape index (κ2) is 2.91. The lowest BCUT2D eigenvalue weighted by Crippen LogP contribution is -1.89. The van der Waals surface area contributed by atoms with Crippen LogP contribution in [0.3, 0.4) is 0 Å². The molecule has 3 heterocycles. The molecule has 0 saturated carbocycles. The minimum atomic E-state index is 0.730. The van der Waals surface area contributed by atoms with Crippen molar-refractivity contribution in [3.05, 3.63) is 30.9 Å². The van der Waals surface area contributed by atoms with Crippen molar-refractivity contribution in [1.82, 2.24) is 24.7 Å². The zero-order valence-corrected chi connectivity index (χ0v) is 8.18. The number of H-pyrrole nitrogens is 1. The van der Waals surface area contributed by atoms with Gasteiger partial charge >= 0.3 is 0 Å². The summed E-state index contributed by atoms with van der Waals surface area (Å²) < 4.78 is 1.94. The van der Waals surface area contributed by atoms with Gasteiger partial charge in [-0.3, -0.25) is 5.10 Å². The van der Waals surface area contributed by atoms with Gasteiger partial charge in [0.25, 0.3) is 0 Å². The highest BCUT2D eigenvalue weighted by Crippen LogP contribution is 2.23. The van der Waals surface area contributed by atoms with E-state index in [1.54, 1.807) is 18.7 Å². The molecule has 5 nitrogen and oxygen atoms in total. The van der Waals surface area contributed by atoms with Crippen LogP contribution in [0, 0.1) is 0 Å². The fourth-order valence-electron chi connectivity index (χ4n) is 1.64. The van der Waals surface area contributed by atoms with Crippen LogP contribution in [0.4, 0.5) is 0 Å². The molecular weight excluding hydrogens is 190 g/mol. The molecule has 5 heteroatoms. The van der Waals surface area contributed by atoms with Crippen molar-refractivity contribution in [1.29, 1.82) is 0 Å². The van der Waals surface area contributed by atoms with Gasteiger partial charge in [0.1, 0.15) is 0 Å². The average molecular weight is 199 g/mol. The smallest absolute Gasteiger partial charge is 0.181 e. The van der Waals surface area contributed by atoms with E-state index in [1.165, 1.54) is 0 Å². The van der Waals surface area contributed by atoms with E-state index in [2.05, 4.69) is 20.2 Å². The van der Waals surface area contributed by atoms with E-state index in [1.807, 2.05) is 23.7 Å². The standard InChI is InChI=1S/C10H9N5/c1-15-6-11-5-8(15)9-7-3-2-4-12-10(7)14-13-9/h2-6H,1H3,(H,12,13,14). The summed E-state index contributed by atoms with van der Waals surface area (Å²) in [4.78, 5) is 8.25. The van der Waals surface area contributed by atoms with Crippen LogP contribution in [0.5, 0.6) is 0 Å². The molecule has 0 amide bonds. The van der Waals surface area contributed by atoms with E-state index in [9.17, 15) is 0 Å². The van der Waals surface area contributed by atoms with E-state index in [-0.39, 0.29) is 0 Å². The molecule has 3 rings (SSSR count). The van der Waals surface area contributed by atoms with Crippen molar-refractivity contribution in [3.8, 4) is 11.4 Å². The first-order chi connectivity index (χ1) is 7.36. The zero-order valence-electron chi connectivity index (χ0n) is 8.18. The highest BCUT2D eigenvalue weighted by atomic mass is 15.2. The predicted octanol–water partition coefficient (Wildman–Crippen LogP) is 1.36. The van der Waals surface area contributed by atoms with Crippen LogP contribution in [-0.2, 0) is 7.05 Å². The Kier molecular flexibility index (Phi) is 1.58. The zero-order chi connectivity index (χ0) is 10.3. The number of nitrogens with one attached hydrogen (secondary N) is 1. The summed E-state index contributed by atoms with van der Waals surface area (Å²) in [5.41, 5.74) is 2.69. The lowest BCUT2D eigenvalue weighted by atomic mass is 10.2. The lowest BCUT2D eigenvalue weighted by molar-refractivity contribution is 0.914. The van der Waals surface area contributed by atoms with Gasteiger partial charge in [0, 0.05) is 18.6 Å². The van der Waals surface area contributed by atoms with Gasteiger partial charge < -0.3 is 4.57 Å². The van der Waals surface area contributed by atoms with Gasteiger partial charge in [-0.05, 0) is 12.1 Å². The second-order valence-corrected chi connectivity index (χ2v) is 3.36. The third kappa shape index (κ3) is 1.13. The molecule has 0 aliphatic heterocycles. The Hall–Kier alpha value is -2.17. The number of pyridine rings is 1. The first kappa shape index (κ1) is 8.16. The SMILES string of the molecule is Cn1cncc1-c1[nH]nc2ncccc12. The highest BCUT2D eigenvalue weighted by Gasteiger charge is 2.10. The molecule has 1 N–H and O–H groups in total. The summed E-state index contributed by atoms with van der Waals surface area (Å²) in [5.74, 6) is 0. The maximum Gasteiger partial charge on any atom is 0.181 e. The van der Waals surface area contributed by atoms with Gasteiger partial charge in [0.15, 0.2) is 5.65 Å². The van der Waals surface area contributed by atoms with Crippen LogP contribution in [0.25, 0.3) is 22.4 Å². The minimum absolute atomic E-state index is 0.730. The maximum atomic E-state index is 4.17. The van der Waals surface area contributed by atoms with Crippen molar-refractivity contribution in [2.75, 3.05) is 0 Å². The number of hydrogen-bond acceptors (Lipinski definition) is 3. The van der Waals surface area contributed by atoms with Crippen molar-refractivity contribution in [2.24, 2.45) is 7.05 Å². The molecule has 3 aromatic heterocycles. The van der Waals surface area contributed by atoms with Crippen LogP contribution in [0.2, 0.25) is 0 Å². The summed E-state index contributed by atoms with van der Waals surface area (Å²) in [5, 5.41) is 8.14. The number of aryl methyl sites for hydroxylation is 1. The van der Waals surface area contributed by atoms with Crippen molar-refractivity contribution < 1.29 is 0 Å². The summed E-state index contributed by atoms with van der Waals surface area (Å²) in [6.07, 6.45) is 5.30. The summed E-state index contributed by atoms with van der Waals surface area (Å²) >= 11 is 0. The van der Waals surface area contributed by atoms with Crippen LogP contribution in [0.1, 0.15) is 0 Å². The summed E-state index contributed by atoms with van der Waals surface area (Å²) in [6.45, 7) is 0. The third-order valence-electron chi connectivity index (χ3n) is 2.40. The van der Waals surface area contributed by atoms with Gasteiger partial charge in [-0.1, -0.05) is 0 Å². The first-order valence-electron chi connectivity index (χ1n) is 4.62. The fraction of sp³-hybridized carbons (Fsp3) is 0.100. The van der Waals surface area contributed by atoms with E-state index < -0.39 is 0 Å². The van der Waals surface area contributed by atoms with Crippen LogP contribution in [-0.4, -0.2) is 24.7 Å². The highest BCUT2D eigenvalue weighted by molar-refractivity contribution is 5.89. The van der Waals surface area contributed by atoms with Crippen LogP contribution >= 0.6 is 0 Å². The second-order valence-electron chi connectivity index (χ2n) is 3.36. The number of rotatable bonds is 1. The van der Waals surface area contributed by atoms with Crippen LogP contribution in [0.15, 0.2) is 30.9 Å². The molecule has 0 fully saturated rings. The molecule has 0 spiro atoms. The Balaban J connectivity index is 2.32. The molecule has 0 aliphatic rings. The molecule has 0 aromatic carbocycles. The average Bonchev–Trinajstić information content (AvgIpc) is 2.83. The number of hydrogen-bond donors (Lipinski definition) is 1. The third-order valence-corrected chi connectivity index (χ3v) is 2.40. The molecule has 74 valence electrons. The minimum Gasteiger partial charge on any atom is -0.332 e. The molecule has 0 radical (unpaired) electrons. The first-order valence-corrected chi connectivity index (χ1v) is 4.62. The summed E-state index contributed by atoms with van der Waals surface area (Å²) in [7, 11) is 1.95. The van der Waals surface area contributed by atoms with Crippen molar-refractivity contribution in [2.45, 2.75) is 0 Å². The molecule has 0 unspecified atom stereocenters. The fourth-order valence-corrected chi connectivity index (χ4v) is 1.64. The summed E-state index contributed by atoms with van der Waals surface area (Å²) in [6, 6.07) is 3.89. The number of imidazole rings is 1. The Morgan fingerprint density at radius 3 is 3.13 bits per heavy atom. The number of nitrogens with zero attached hydrogens (tertiary/aromatic N) is 4. The molecule has 3 aromatic rings. The molecule has 0 saturated heterocycles. The van der Waals surface area contributed by atoms with Gasteiger partial charge in [-0.15, -0.1) is 0 Å². The lowest BCUT2D eigenvalue weighted by Gasteiger charge is -1.98. The molecular formula is C10H9N5. The maximum absolute atomic E-state index is 4.17. The van der Waals surface area contributed by atoms with Gasteiger partial charge in [0.2, 0.25) is 0 Å². The monoisotopic (exact) mass is 199 g/mol. The van der Waals surface area contributed by atoms with E-state index in [0.717, 1.165) is 22.4 Å². The Morgan fingerprint density at radius 2 is 2.33 bits per heavy atom.